The summed E-state index contributed by atoms with van der Waals surface area (Å²) < 4.78 is 29.2. The van der Waals surface area contributed by atoms with E-state index in [4.69, 9.17) is 11.6 Å². The lowest BCUT2D eigenvalue weighted by Gasteiger charge is -2.33. The molecule has 0 aliphatic rings. The van der Waals surface area contributed by atoms with Gasteiger partial charge in [0.15, 0.2) is 0 Å². The fourth-order valence-electron chi connectivity index (χ4n) is 4.83. The molecule has 0 radical (unpaired) electrons. The standard InChI is InChI=1S/C34H36ClN3O4S/c1-25(2)28-17-19-30(20-18-28)38(43(41,42)31-15-8-5-9-16-31)24-33(39)37(23-27-13-10-14-29(35)21-27)32(34(40)36-3)22-26-11-6-4-7-12-26/h4-21,25,32H,22-24H2,1-3H3,(H,36,40)/t32-/m0/s1. The van der Waals surface area contributed by atoms with Gasteiger partial charge in [-0.05, 0) is 59.0 Å². The van der Waals surface area contributed by atoms with E-state index in [9.17, 15) is 18.0 Å². The Bertz CT molecular complexity index is 1630. The van der Waals surface area contributed by atoms with Crippen molar-refractivity contribution in [2.24, 2.45) is 0 Å². The summed E-state index contributed by atoms with van der Waals surface area (Å²) in [5.74, 6) is -0.649. The Hall–Kier alpha value is -4.14. The Morgan fingerprint density at radius 3 is 2.00 bits per heavy atom. The fraction of sp³-hybridized carbons (Fsp3) is 0.235. The fourth-order valence-corrected chi connectivity index (χ4v) is 6.47. The average Bonchev–Trinajstić information content (AvgIpc) is 3.02. The van der Waals surface area contributed by atoms with Crippen molar-refractivity contribution in [2.75, 3.05) is 17.9 Å². The number of carbonyl (C=O) groups is 2. The van der Waals surface area contributed by atoms with Crippen LogP contribution in [-0.4, -0.2) is 44.8 Å². The van der Waals surface area contributed by atoms with Gasteiger partial charge in [0.2, 0.25) is 11.8 Å². The second-order valence-electron chi connectivity index (χ2n) is 10.5. The molecule has 0 saturated carbocycles. The number of nitrogens with zero attached hydrogens (tertiary/aromatic N) is 2. The van der Waals surface area contributed by atoms with Crippen molar-refractivity contribution in [2.45, 2.75) is 43.7 Å². The van der Waals surface area contributed by atoms with Gasteiger partial charge in [-0.15, -0.1) is 0 Å². The second-order valence-corrected chi connectivity index (χ2v) is 12.8. The number of benzene rings is 4. The maximum Gasteiger partial charge on any atom is 0.264 e. The summed E-state index contributed by atoms with van der Waals surface area (Å²) >= 11 is 6.26. The Morgan fingerprint density at radius 1 is 0.814 bits per heavy atom. The zero-order valence-electron chi connectivity index (χ0n) is 24.5. The van der Waals surface area contributed by atoms with E-state index in [0.29, 0.717) is 16.3 Å². The van der Waals surface area contributed by atoms with E-state index in [1.165, 1.54) is 24.1 Å². The molecule has 4 aromatic rings. The molecule has 2 amide bonds. The third-order valence-corrected chi connectivity index (χ3v) is 9.24. The first-order chi connectivity index (χ1) is 20.6. The van der Waals surface area contributed by atoms with E-state index >= 15 is 0 Å². The van der Waals surface area contributed by atoms with E-state index in [0.717, 1.165) is 15.4 Å². The lowest BCUT2D eigenvalue weighted by molar-refractivity contribution is -0.139. The summed E-state index contributed by atoms with van der Waals surface area (Å²) in [5, 5.41) is 3.17. The smallest absolute Gasteiger partial charge is 0.264 e. The molecule has 1 atom stereocenters. The van der Waals surface area contributed by atoms with Crippen LogP contribution in [0.25, 0.3) is 0 Å². The largest absolute Gasteiger partial charge is 0.357 e. The molecular weight excluding hydrogens is 582 g/mol. The Kier molecular flexibility index (Phi) is 10.6. The number of amides is 2. The van der Waals surface area contributed by atoms with Gasteiger partial charge in [0.05, 0.1) is 10.6 Å². The molecule has 0 unspecified atom stereocenters. The van der Waals surface area contributed by atoms with Crippen LogP contribution in [0.1, 0.15) is 36.5 Å². The molecule has 0 aliphatic carbocycles. The Balaban J connectivity index is 1.79. The third kappa shape index (κ3) is 8.03. The van der Waals surface area contributed by atoms with E-state index in [1.807, 2.05) is 48.5 Å². The zero-order valence-corrected chi connectivity index (χ0v) is 26.1. The number of halogens is 1. The molecule has 43 heavy (non-hydrogen) atoms. The van der Waals surface area contributed by atoms with E-state index in [-0.39, 0.29) is 29.7 Å². The summed E-state index contributed by atoms with van der Waals surface area (Å²) in [7, 11) is -2.62. The van der Waals surface area contributed by atoms with Crippen LogP contribution in [0.5, 0.6) is 0 Å². The lowest BCUT2D eigenvalue weighted by atomic mass is 10.0. The predicted octanol–water partition coefficient (Wildman–Crippen LogP) is 6.04. The minimum Gasteiger partial charge on any atom is -0.357 e. The van der Waals surface area contributed by atoms with Crippen LogP contribution in [0, 0.1) is 0 Å². The summed E-state index contributed by atoms with van der Waals surface area (Å²) in [6.07, 6.45) is 0.237. The summed E-state index contributed by atoms with van der Waals surface area (Å²) in [5.41, 5.74) is 2.96. The molecule has 0 fully saturated rings. The van der Waals surface area contributed by atoms with Crippen molar-refractivity contribution in [3.63, 3.8) is 0 Å². The quantitative estimate of drug-likeness (QED) is 0.210. The molecular formula is C34H36ClN3O4S. The topological polar surface area (TPSA) is 86.8 Å². The number of hydrogen-bond donors (Lipinski definition) is 1. The number of nitrogens with one attached hydrogen (secondary N) is 1. The van der Waals surface area contributed by atoms with Gasteiger partial charge in [-0.1, -0.05) is 98.2 Å². The molecule has 0 bridgehead atoms. The van der Waals surface area contributed by atoms with E-state index < -0.39 is 28.5 Å². The molecule has 1 N–H and O–H groups in total. The van der Waals surface area contributed by atoms with Gasteiger partial charge < -0.3 is 10.2 Å². The minimum atomic E-state index is -4.14. The number of hydrogen-bond acceptors (Lipinski definition) is 4. The maximum absolute atomic E-state index is 14.3. The highest BCUT2D eigenvalue weighted by molar-refractivity contribution is 7.92. The SMILES string of the molecule is CNC(=O)[C@H](Cc1ccccc1)N(Cc1cccc(Cl)c1)C(=O)CN(c1ccc(C(C)C)cc1)S(=O)(=O)c1ccccc1. The van der Waals surface area contributed by atoms with Crippen molar-refractivity contribution < 1.29 is 18.0 Å². The van der Waals surface area contributed by atoms with Crippen molar-refractivity contribution in [3.8, 4) is 0 Å². The van der Waals surface area contributed by atoms with Crippen molar-refractivity contribution in [3.05, 3.63) is 131 Å². The zero-order chi connectivity index (χ0) is 31.0. The molecule has 0 spiro atoms. The summed E-state index contributed by atoms with van der Waals surface area (Å²) in [4.78, 5) is 29.2. The van der Waals surface area contributed by atoms with Crippen LogP contribution in [-0.2, 0) is 32.6 Å². The van der Waals surface area contributed by atoms with Crippen LogP contribution >= 0.6 is 11.6 Å². The molecule has 0 aliphatic heterocycles. The van der Waals surface area contributed by atoms with Gasteiger partial charge >= 0.3 is 0 Å². The second kappa shape index (κ2) is 14.4. The first kappa shape index (κ1) is 31.8. The van der Waals surface area contributed by atoms with Gasteiger partial charge in [-0.25, -0.2) is 8.42 Å². The normalized spacial score (nSPS) is 12.0. The minimum absolute atomic E-state index is 0.0514. The highest BCUT2D eigenvalue weighted by Crippen LogP contribution is 2.27. The summed E-state index contributed by atoms with van der Waals surface area (Å²) in [6, 6.07) is 30.7. The average molecular weight is 618 g/mol. The summed E-state index contributed by atoms with van der Waals surface area (Å²) in [6.45, 7) is 3.64. The number of anilines is 1. The maximum atomic E-state index is 14.3. The lowest BCUT2D eigenvalue weighted by Crippen LogP contribution is -2.53. The van der Waals surface area contributed by atoms with Gasteiger partial charge in [0, 0.05) is 25.0 Å². The molecule has 0 heterocycles. The molecule has 0 aromatic heterocycles. The predicted molar refractivity (Wildman–Crippen MR) is 172 cm³/mol. The third-order valence-electron chi connectivity index (χ3n) is 7.22. The van der Waals surface area contributed by atoms with Crippen LogP contribution in [0.4, 0.5) is 5.69 Å². The van der Waals surface area contributed by atoms with Gasteiger partial charge in [-0.2, -0.15) is 0 Å². The van der Waals surface area contributed by atoms with Crippen molar-refractivity contribution in [1.29, 1.82) is 0 Å². The van der Waals surface area contributed by atoms with Crippen LogP contribution in [0.3, 0.4) is 0 Å². The molecule has 224 valence electrons. The molecule has 0 saturated heterocycles. The number of rotatable bonds is 12. The van der Waals surface area contributed by atoms with E-state index in [2.05, 4.69) is 19.2 Å². The highest BCUT2D eigenvalue weighted by Gasteiger charge is 2.34. The van der Waals surface area contributed by atoms with Gasteiger partial charge in [-0.3, -0.25) is 13.9 Å². The molecule has 4 rings (SSSR count). The van der Waals surface area contributed by atoms with Crippen LogP contribution in [0.2, 0.25) is 5.02 Å². The highest BCUT2D eigenvalue weighted by atomic mass is 35.5. The molecule has 7 nitrogen and oxygen atoms in total. The number of likely N-dealkylation sites (N-methyl/N-ethyl adjacent to an activating group) is 1. The van der Waals surface area contributed by atoms with Crippen molar-refractivity contribution in [1.82, 2.24) is 10.2 Å². The van der Waals surface area contributed by atoms with Crippen LogP contribution < -0.4 is 9.62 Å². The Morgan fingerprint density at radius 2 is 1.42 bits per heavy atom. The monoisotopic (exact) mass is 617 g/mol. The number of carbonyl (C=O) groups excluding carboxylic acids is 2. The molecule has 9 heteroatoms. The van der Waals surface area contributed by atoms with Crippen molar-refractivity contribution >= 4 is 39.1 Å². The Labute approximate surface area is 259 Å². The van der Waals surface area contributed by atoms with E-state index in [1.54, 1.807) is 48.5 Å². The van der Waals surface area contributed by atoms with Gasteiger partial charge in [0.25, 0.3) is 10.0 Å². The van der Waals surface area contributed by atoms with Crippen LogP contribution in [0.15, 0.2) is 114 Å². The first-order valence-electron chi connectivity index (χ1n) is 14.1. The first-order valence-corrected chi connectivity index (χ1v) is 15.9. The number of sulfonamides is 1. The molecule has 4 aromatic carbocycles. The van der Waals surface area contributed by atoms with Gasteiger partial charge in [0.1, 0.15) is 12.6 Å².